The van der Waals surface area contributed by atoms with Crippen molar-refractivity contribution in [3.63, 3.8) is 0 Å². The summed E-state index contributed by atoms with van der Waals surface area (Å²) >= 11 is 0. The number of hydrogen-bond donors (Lipinski definition) is 2. The van der Waals surface area contributed by atoms with Crippen LogP contribution < -0.4 is 10.1 Å². The highest BCUT2D eigenvalue weighted by atomic mass is 19.4. The molecule has 4 aliphatic carbocycles. The molecule has 1 amide bonds. The van der Waals surface area contributed by atoms with Gasteiger partial charge in [0.1, 0.15) is 5.69 Å². The Labute approximate surface area is 205 Å². The normalized spacial score (nSPS) is 28.9. The largest absolute Gasteiger partial charge is 0.573 e. The maximum Gasteiger partial charge on any atom is 0.573 e. The quantitative estimate of drug-likeness (QED) is 0.444. The number of nitrogens with zero attached hydrogens (tertiary/aromatic N) is 1. The fourth-order valence-corrected chi connectivity index (χ4v) is 6.88. The van der Waals surface area contributed by atoms with Crippen LogP contribution in [0.2, 0.25) is 0 Å². The molecule has 1 aromatic heterocycles. The van der Waals surface area contributed by atoms with Crippen LogP contribution in [0.25, 0.3) is 0 Å². The van der Waals surface area contributed by atoms with E-state index >= 15 is 0 Å². The van der Waals surface area contributed by atoms with E-state index in [0.717, 1.165) is 31.4 Å². The van der Waals surface area contributed by atoms with Crippen molar-refractivity contribution in [3.8, 4) is 5.75 Å². The second kappa shape index (κ2) is 8.61. The van der Waals surface area contributed by atoms with E-state index in [1.54, 1.807) is 13.1 Å². The maximum absolute atomic E-state index is 13.8. The van der Waals surface area contributed by atoms with Gasteiger partial charge >= 0.3 is 6.36 Å². The first-order valence-electron chi connectivity index (χ1n) is 12.2. The van der Waals surface area contributed by atoms with E-state index in [-0.39, 0.29) is 35.0 Å². The molecule has 4 fully saturated rings. The number of alkyl halides is 3. The Bertz CT molecular complexity index is 1210. The Balaban J connectivity index is 1.40. The first-order chi connectivity index (χ1) is 16.9. The zero-order valence-corrected chi connectivity index (χ0v) is 20.0. The van der Waals surface area contributed by atoms with Crippen LogP contribution in [0.1, 0.15) is 71.1 Å². The number of ether oxygens (including phenoxy) is 1. The third kappa shape index (κ3) is 4.40. The topological polar surface area (TPSA) is 80.6 Å². The van der Waals surface area contributed by atoms with E-state index in [1.165, 1.54) is 4.57 Å². The van der Waals surface area contributed by atoms with Crippen molar-refractivity contribution in [2.75, 3.05) is 0 Å². The lowest BCUT2D eigenvalue weighted by molar-refractivity contribution is -0.275. The smallest absolute Gasteiger partial charge is 0.403 e. The van der Waals surface area contributed by atoms with Crippen LogP contribution >= 0.6 is 0 Å². The van der Waals surface area contributed by atoms with Gasteiger partial charge in [0.25, 0.3) is 5.91 Å². The molecular formula is C26H28F4N2O4. The predicted molar refractivity (Wildman–Crippen MR) is 121 cm³/mol. The van der Waals surface area contributed by atoms with Crippen molar-refractivity contribution in [2.24, 2.45) is 24.8 Å². The van der Waals surface area contributed by atoms with Gasteiger partial charge in [-0.05, 0) is 86.1 Å². The van der Waals surface area contributed by atoms with Crippen LogP contribution in [-0.2, 0) is 13.5 Å². The lowest BCUT2D eigenvalue weighted by Crippen LogP contribution is -2.61. The lowest BCUT2D eigenvalue weighted by atomic mass is 9.52. The lowest BCUT2D eigenvalue weighted by Gasteiger charge is -2.58. The highest BCUT2D eigenvalue weighted by molar-refractivity contribution is 6.09. The third-order valence-electron chi connectivity index (χ3n) is 8.10. The van der Waals surface area contributed by atoms with Crippen LogP contribution in [-0.4, -0.2) is 39.4 Å². The molecule has 6 nitrogen and oxygen atoms in total. The molecule has 36 heavy (non-hydrogen) atoms. The molecule has 0 spiro atoms. The molecule has 2 unspecified atom stereocenters. The predicted octanol–water partition coefficient (Wildman–Crippen LogP) is 4.53. The maximum atomic E-state index is 13.8. The number of hydrogen-bond acceptors (Lipinski definition) is 4. The fourth-order valence-electron chi connectivity index (χ4n) is 6.88. The number of carbonyl (C=O) groups is 2. The first kappa shape index (κ1) is 24.8. The van der Waals surface area contributed by atoms with Gasteiger partial charge in [0.2, 0.25) is 5.78 Å². The van der Waals surface area contributed by atoms with Crippen LogP contribution in [0.5, 0.6) is 5.75 Å². The Morgan fingerprint density at radius 2 is 1.83 bits per heavy atom. The van der Waals surface area contributed by atoms with E-state index in [4.69, 9.17) is 0 Å². The molecule has 4 bridgehead atoms. The molecule has 2 N–H and O–H groups in total. The molecule has 6 rings (SSSR count). The van der Waals surface area contributed by atoms with Gasteiger partial charge in [-0.1, -0.05) is 6.92 Å². The summed E-state index contributed by atoms with van der Waals surface area (Å²) in [5.41, 5.74) is 0.207. The zero-order valence-electron chi connectivity index (χ0n) is 20.0. The number of aliphatic hydroxyl groups is 1. The number of amides is 1. The summed E-state index contributed by atoms with van der Waals surface area (Å²) in [6.45, 7) is 1.84. The van der Waals surface area contributed by atoms with Gasteiger partial charge in [-0.15, -0.1) is 13.2 Å². The minimum absolute atomic E-state index is 0.0488. The Kier molecular flexibility index (Phi) is 5.93. The summed E-state index contributed by atoms with van der Waals surface area (Å²) in [4.78, 5) is 26.6. The number of ketones is 1. The van der Waals surface area contributed by atoms with E-state index in [9.17, 15) is 32.3 Å². The molecule has 4 aliphatic rings. The van der Waals surface area contributed by atoms with Crippen molar-refractivity contribution >= 4 is 11.7 Å². The molecule has 1 heterocycles. The molecule has 4 saturated carbocycles. The highest BCUT2D eigenvalue weighted by Crippen LogP contribution is 2.55. The van der Waals surface area contributed by atoms with Gasteiger partial charge in [0, 0.05) is 18.7 Å². The Morgan fingerprint density at radius 1 is 1.17 bits per heavy atom. The zero-order chi connectivity index (χ0) is 26.0. The highest BCUT2D eigenvalue weighted by Gasteiger charge is 2.55. The Morgan fingerprint density at radius 3 is 2.42 bits per heavy atom. The van der Waals surface area contributed by atoms with Gasteiger partial charge < -0.3 is 19.7 Å². The first-order valence-corrected chi connectivity index (χ1v) is 12.2. The van der Waals surface area contributed by atoms with Crippen molar-refractivity contribution in [1.29, 1.82) is 0 Å². The van der Waals surface area contributed by atoms with E-state index in [2.05, 4.69) is 10.1 Å². The third-order valence-corrected chi connectivity index (χ3v) is 8.10. The summed E-state index contributed by atoms with van der Waals surface area (Å²) in [5.74, 6) is -2.41. The number of aryl methyl sites for hydroxylation is 1. The summed E-state index contributed by atoms with van der Waals surface area (Å²) in [5, 5.41) is 14.0. The number of halogens is 4. The molecule has 0 radical (unpaired) electrons. The second-order valence-electron chi connectivity index (χ2n) is 10.5. The SMILES string of the molecule is CCc1cc(C(=O)c2ccc(F)c(OC(F)(F)F)c2)n(C)c1C(=O)NC1C2CC3CC1CC(O)(C3)C2. The minimum Gasteiger partial charge on any atom is -0.403 e. The number of nitrogens with one attached hydrogen (secondary N) is 1. The van der Waals surface area contributed by atoms with Crippen LogP contribution in [0, 0.1) is 23.6 Å². The molecule has 2 atom stereocenters. The van der Waals surface area contributed by atoms with Crippen molar-refractivity contribution in [1.82, 2.24) is 9.88 Å². The van der Waals surface area contributed by atoms with Crippen LogP contribution in [0.4, 0.5) is 17.6 Å². The summed E-state index contributed by atoms with van der Waals surface area (Å²) < 4.78 is 56.8. The van der Waals surface area contributed by atoms with E-state index < -0.39 is 29.3 Å². The molecule has 10 heteroatoms. The summed E-state index contributed by atoms with van der Waals surface area (Å²) in [6, 6.07) is 4.03. The number of carbonyl (C=O) groups excluding carboxylic acids is 2. The fraction of sp³-hybridized carbons (Fsp3) is 0.538. The summed E-state index contributed by atoms with van der Waals surface area (Å²) in [7, 11) is 1.55. The average Bonchev–Trinajstić information content (AvgIpc) is 3.11. The van der Waals surface area contributed by atoms with E-state index in [0.29, 0.717) is 42.5 Å². The van der Waals surface area contributed by atoms with Crippen LogP contribution in [0.15, 0.2) is 24.3 Å². The molecule has 1 aromatic carbocycles. The van der Waals surface area contributed by atoms with Crippen molar-refractivity contribution in [2.45, 2.75) is 63.5 Å². The van der Waals surface area contributed by atoms with E-state index in [1.807, 2.05) is 6.92 Å². The standard InChI is InChI=1S/C26H28F4N2O4/c1-3-14-8-19(23(33)15-4-5-18(27)20(9-15)36-26(28,29)30)32(2)22(14)24(34)31-21-16-6-13-7-17(21)12-25(35,10-13)11-16/h4-5,8-9,13,16-17,21,35H,3,6-7,10-12H2,1-2H3,(H,31,34). The number of aromatic nitrogens is 1. The number of rotatable bonds is 6. The second-order valence-corrected chi connectivity index (χ2v) is 10.5. The molecular weight excluding hydrogens is 480 g/mol. The number of benzene rings is 1. The van der Waals surface area contributed by atoms with Crippen molar-refractivity contribution < 1.29 is 37.0 Å². The minimum atomic E-state index is -5.11. The molecule has 194 valence electrons. The average molecular weight is 509 g/mol. The molecule has 2 aromatic rings. The monoisotopic (exact) mass is 508 g/mol. The van der Waals surface area contributed by atoms with Gasteiger partial charge in [-0.2, -0.15) is 0 Å². The van der Waals surface area contributed by atoms with Gasteiger partial charge in [0.15, 0.2) is 11.6 Å². The Hall–Kier alpha value is -2.88. The van der Waals surface area contributed by atoms with Gasteiger partial charge in [-0.25, -0.2) is 4.39 Å². The summed E-state index contributed by atoms with van der Waals surface area (Å²) in [6.07, 6.45) is -0.507. The van der Waals surface area contributed by atoms with Crippen molar-refractivity contribution in [3.05, 3.63) is 52.6 Å². The van der Waals surface area contributed by atoms with Crippen LogP contribution in [0.3, 0.4) is 0 Å². The van der Waals surface area contributed by atoms with Gasteiger partial charge in [0.05, 0.1) is 11.3 Å². The molecule has 0 saturated heterocycles. The molecule has 0 aliphatic heterocycles. The van der Waals surface area contributed by atoms with Gasteiger partial charge in [-0.3, -0.25) is 9.59 Å².